The fourth-order valence-electron chi connectivity index (χ4n) is 3.09. The molecule has 3 heterocycles. The highest BCUT2D eigenvalue weighted by Crippen LogP contribution is 2.38. The maximum Gasteiger partial charge on any atom is 0.274 e. The molecule has 0 radical (unpaired) electrons. The first-order valence-corrected chi connectivity index (χ1v) is 6.23. The lowest BCUT2D eigenvalue weighted by Crippen LogP contribution is -2.38. The highest BCUT2D eigenvalue weighted by molar-refractivity contribution is 5.92. The van der Waals surface area contributed by atoms with Gasteiger partial charge in [0.15, 0.2) is 0 Å². The zero-order chi connectivity index (χ0) is 12.8. The number of hydrogen-bond donors (Lipinski definition) is 2. The van der Waals surface area contributed by atoms with Crippen molar-refractivity contribution in [1.29, 1.82) is 0 Å². The van der Waals surface area contributed by atoms with E-state index >= 15 is 0 Å². The Balaban J connectivity index is 1.78. The molecule has 2 unspecified atom stereocenters. The van der Waals surface area contributed by atoms with E-state index in [1.54, 1.807) is 17.1 Å². The molecule has 2 saturated heterocycles. The molecule has 1 aromatic rings. The molecule has 98 valence electrons. The van der Waals surface area contributed by atoms with E-state index in [0.29, 0.717) is 24.7 Å². The lowest BCUT2D eigenvalue weighted by Gasteiger charge is -2.24. The molecule has 2 aliphatic rings. The number of fused-ring (bicyclic) bond motifs is 1. The van der Waals surface area contributed by atoms with Gasteiger partial charge in [-0.3, -0.25) is 4.79 Å². The average molecular weight is 250 g/mol. The van der Waals surface area contributed by atoms with Crippen LogP contribution in [0.2, 0.25) is 0 Å². The SMILES string of the molecule is Cn1cnc(C(=O)N2CC3CNCC3(CO)C2)c1. The zero-order valence-electron chi connectivity index (χ0n) is 10.5. The van der Waals surface area contributed by atoms with Crippen LogP contribution in [0.3, 0.4) is 0 Å². The number of carbonyl (C=O) groups excluding carboxylic acids is 1. The number of imidazole rings is 1. The standard InChI is InChI=1S/C12H18N4O2/c1-15-4-10(14-8-15)11(18)16-3-9-2-13-5-12(9,6-16)7-17/h4,8-9,13,17H,2-3,5-7H2,1H3. The van der Waals surface area contributed by atoms with E-state index in [9.17, 15) is 9.90 Å². The van der Waals surface area contributed by atoms with Crippen LogP contribution in [0.5, 0.6) is 0 Å². The van der Waals surface area contributed by atoms with E-state index < -0.39 is 0 Å². The van der Waals surface area contributed by atoms with Crippen LogP contribution in [0, 0.1) is 11.3 Å². The molecule has 1 aromatic heterocycles. The second-order valence-corrected chi connectivity index (χ2v) is 5.46. The summed E-state index contributed by atoms with van der Waals surface area (Å²) < 4.78 is 1.77. The summed E-state index contributed by atoms with van der Waals surface area (Å²) in [5.74, 6) is 0.327. The first-order valence-electron chi connectivity index (χ1n) is 6.23. The second kappa shape index (κ2) is 4.07. The molecule has 0 spiro atoms. The maximum absolute atomic E-state index is 12.3. The number of hydrogen-bond acceptors (Lipinski definition) is 4. The molecular weight excluding hydrogens is 232 g/mol. The average Bonchev–Trinajstić information content (AvgIpc) is 3.00. The Labute approximate surface area is 106 Å². The van der Waals surface area contributed by atoms with Gasteiger partial charge in [-0.2, -0.15) is 0 Å². The van der Waals surface area contributed by atoms with Crippen molar-refractivity contribution < 1.29 is 9.90 Å². The van der Waals surface area contributed by atoms with Gasteiger partial charge in [0.05, 0.1) is 12.9 Å². The van der Waals surface area contributed by atoms with Crippen molar-refractivity contribution in [2.75, 3.05) is 32.8 Å². The molecule has 6 nitrogen and oxygen atoms in total. The van der Waals surface area contributed by atoms with Crippen molar-refractivity contribution in [3.63, 3.8) is 0 Å². The summed E-state index contributed by atoms with van der Waals surface area (Å²) in [4.78, 5) is 18.2. The second-order valence-electron chi connectivity index (χ2n) is 5.46. The topological polar surface area (TPSA) is 70.4 Å². The number of aromatic nitrogens is 2. The van der Waals surface area contributed by atoms with Gasteiger partial charge in [-0.25, -0.2) is 4.98 Å². The van der Waals surface area contributed by atoms with Crippen LogP contribution in [0.15, 0.2) is 12.5 Å². The van der Waals surface area contributed by atoms with Crippen molar-refractivity contribution in [3.05, 3.63) is 18.2 Å². The zero-order valence-corrected chi connectivity index (χ0v) is 10.5. The number of carbonyl (C=O) groups is 1. The van der Waals surface area contributed by atoms with E-state index in [4.69, 9.17) is 0 Å². The quantitative estimate of drug-likeness (QED) is 0.712. The molecule has 2 aliphatic heterocycles. The molecule has 18 heavy (non-hydrogen) atoms. The minimum atomic E-state index is -0.148. The van der Waals surface area contributed by atoms with Crippen molar-refractivity contribution in [2.45, 2.75) is 0 Å². The van der Waals surface area contributed by atoms with Crippen LogP contribution in [-0.4, -0.2) is 58.3 Å². The van der Waals surface area contributed by atoms with E-state index in [1.807, 2.05) is 11.9 Å². The molecule has 0 aliphatic carbocycles. The normalized spacial score (nSPS) is 30.8. The Hall–Kier alpha value is -1.40. The Morgan fingerprint density at radius 1 is 1.72 bits per heavy atom. The first-order chi connectivity index (χ1) is 8.64. The number of rotatable bonds is 2. The Morgan fingerprint density at radius 2 is 2.56 bits per heavy atom. The summed E-state index contributed by atoms with van der Waals surface area (Å²) in [5, 5.41) is 12.9. The number of aliphatic hydroxyl groups is 1. The maximum atomic E-state index is 12.3. The molecular formula is C12H18N4O2. The fraction of sp³-hybridized carbons (Fsp3) is 0.667. The van der Waals surface area contributed by atoms with Crippen LogP contribution < -0.4 is 5.32 Å². The Bertz CT molecular complexity index is 472. The predicted molar refractivity (Wildman–Crippen MR) is 65.0 cm³/mol. The summed E-state index contributed by atoms with van der Waals surface area (Å²) in [6.45, 7) is 3.14. The Kier molecular flexibility index (Phi) is 2.64. The van der Waals surface area contributed by atoms with Crippen LogP contribution in [0.25, 0.3) is 0 Å². The van der Waals surface area contributed by atoms with Gasteiger partial charge in [0, 0.05) is 44.8 Å². The van der Waals surface area contributed by atoms with Gasteiger partial charge < -0.3 is 19.9 Å². The monoisotopic (exact) mass is 250 g/mol. The molecule has 0 aromatic carbocycles. The number of likely N-dealkylation sites (tertiary alicyclic amines) is 1. The number of aryl methyl sites for hydroxylation is 1. The molecule has 2 fully saturated rings. The van der Waals surface area contributed by atoms with E-state index in [-0.39, 0.29) is 17.9 Å². The predicted octanol–water partition coefficient (Wildman–Crippen LogP) is -0.926. The Morgan fingerprint density at radius 3 is 3.17 bits per heavy atom. The lowest BCUT2D eigenvalue weighted by atomic mass is 9.82. The molecule has 1 amide bonds. The molecule has 6 heteroatoms. The van der Waals surface area contributed by atoms with Crippen LogP contribution in [-0.2, 0) is 7.05 Å². The number of nitrogens with zero attached hydrogens (tertiary/aromatic N) is 3. The van der Waals surface area contributed by atoms with E-state index in [2.05, 4.69) is 10.3 Å². The van der Waals surface area contributed by atoms with Gasteiger partial charge in [-0.1, -0.05) is 0 Å². The minimum Gasteiger partial charge on any atom is -0.396 e. The van der Waals surface area contributed by atoms with E-state index in [0.717, 1.165) is 13.1 Å². The number of nitrogens with one attached hydrogen (secondary N) is 1. The molecule has 0 bridgehead atoms. The highest BCUT2D eigenvalue weighted by Gasteiger charge is 2.50. The van der Waals surface area contributed by atoms with Crippen molar-refractivity contribution in [3.8, 4) is 0 Å². The summed E-state index contributed by atoms with van der Waals surface area (Å²) in [5.41, 5.74) is 0.336. The summed E-state index contributed by atoms with van der Waals surface area (Å²) in [7, 11) is 1.85. The summed E-state index contributed by atoms with van der Waals surface area (Å²) >= 11 is 0. The van der Waals surface area contributed by atoms with Crippen molar-refractivity contribution >= 4 is 5.91 Å². The van der Waals surface area contributed by atoms with Gasteiger partial charge >= 0.3 is 0 Å². The third-order valence-corrected chi connectivity index (χ3v) is 4.21. The van der Waals surface area contributed by atoms with Gasteiger partial charge in [0.25, 0.3) is 5.91 Å². The van der Waals surface area contributed by atoms with Crippen molar-refractivity contribution in [1.82, 2.24) is 19.8 Å². The van der Waals surface area contributed by atoms with E-state index in [1.165, 1.54) is 0 Å². The minimum absolute atomic E-state index is 0.0298. The van der Waals surface area contributed by atoms with Gasteiger partial charge in [-0.15, -0.1) is 0 Å². The first kappa shape index (κ1) is 11.7. The number of aliphatic hydroxyl groups excluding tert-OH is 1. The van der Waals surface area contributed by atoms with Crippen LogP contribution >= 0.6 is 0 Å². The van der Waals surface area contributed by atoms with Crippen LogP contribution in [0.1, 0.15) is 10.5 Å². The molecule has 3 rings (SSSR count). The summed E-state index contributed by atoms with van der Waals surface area (Å²) in [6.07, 6.45) is 3.37. The van der Waals surface area contributed by atoms with Gasteiger partial charge in [-0.05, 0) is 5.92 Å². The molecule has 2 atom stereocenters. The third-order valence-electron chi connectivity index (χ3n) is 4.21. The molecule has 0 saturated carbocycles. The summed E-state index contributed by atoms with van der Waals surface area (Å²) in [6, 6.07) is 0. The van der Waals surface area contributed by atoms with Crippen LogP contribution in [0.4, 0.5) is 0 Å². The van der Waals surface area contributed by atoms with Gasteiger partial charge in [0.2, 0.25) is 0 Å². The lowest BCUT2D eigenvalue weighted by molar-refractivity contribution is 0.0740. The third kappa shape index (κ3) is 1.64. The van der Waals surface area contributed by atoms with Gasteiger partial charge in [0.1, 0.15) is 5.69 Å². The van der Waals surface area contributed by atoms with Crippen molar-refractivity contribution in [2.24, 2.45) is 18.4 Å². The fourth-order valence-corrected chi connectivity index (χ4v) is 3.09. The molecule has 2 N–H and O–H groups in total. The largest absolute Gasteiger partial charge is 0.396 e. The highest BCUT2D eigenvalue weighted by atomic mass is 16.3. The number of amides is 1. The smallest absolute Gasteiger partial charge is 0.274 e.